The summed E-state index contributed by atoms with van der Waals surface area (Å²) in [5.74, 6) is -0.328. The zero-order chi connectivity index (χ0) is 16.9. The standard InChI is InChI=1S/C15H21NO6/c1-15(2,3)22-14(19)16-10-8-11(20-4)9(7-13(17)18)6-12(10)21-5/h6,8H,7H2,1-5H3,(H,16,19)(H,17,18). The van der Waals surface area contributed by atoms with Gasteiger partial charge in [0.05, 0.1) is 26.3 Å². The fraction of sp³-hybridized carbons (Fsp3) is 0.467. The van der Waals surface area contributed by atoms with Gasteiger partial charge in [0, 0.05) is 11.6 Å². The number of methoxy groups -OCH3 is 2. The average molecular weight is 311 g/mol. The molecular weight excluding hydrogens is 290 g/mol. The van der Waals surface area contributed by atoms with E-state index in [4.69, 9.17) is 19.3 Å². The molecule has 0 aliphatic heterocycles. The van der Waals surface area contributed by atoms with Gasteiger partial charge < -0.3 is 19.3 Å². The number of hydrogen-bond acceptors (Lipinski definition) is 5. The van der Waals surface area contributed by atoms with Crippen LogP contribution >= 0.6 is 0 Å². The third-order valence-electron chi connectivity index (χ3n) is 2.58. The Hall–Kier alpha value is -2.44. The number of amides is 1. The SMILES string of the molecule is COc1cc(NC(=O)OC(C)(C)C)c(OC)cc1CC(=O)O. The first kappa shape index (κ1) is 17.6. The van der Waals surface area contributed by atoms with Gasteiger partial charge in [0.25, 0.3) is 0 Å². The Bertz CT molecular complexity index is 562. The summed E-state index contributed by atoms with van der Waals surface area (Å²) in [6.45, 7) is 5.25. The minimum Gasteiger partial charge on any atom is -0.496 e. The summed E-state index contributed by atoms with van der Waals surface area (Å²) in [6.07, 6.45) is -0.856. The Morgan fingerprint density at radius 1 is 1.14 bits per heavy atom. The minimum absolute atomic E-state index is 0.216. The Balaban J connectivity index is 3.09. The average Bonchev–Trinajstić information content (AvgIpc) is 2.37. The maximum atomic E-state index is 11.8. The van der Waals surface area contributed by atoms with Gasteiger partial charge >= 0.3 is 12.1 Å². The van der Waals surface area contributed by atoms with Gasteiger partial charge in [-0.3, -0.25) is 10.1 Å². The summed E-state index contributed by atoms with van der Waals surface area (Å²) < 4.78 is 15.5. The lowest BCUT2D eigenvalue weighted by atomic mass is 10.1. The largest absolute Gasteiger partial charge is 0.496 e. The summed E-state index contributed by atoms with van der Waals surface area (Å²) in [5, 5.41) is 11.5. The van der Waals surface area contributed by atoms with E-state index in [1.807, 2.05) is 0 Å². The molecule has 0 heterocycles. The number of aliphatic carboxylic acids is 1. The number of carbonyl (C=O) groups excluding carboxylic acids is 1. The van der Waals surface area contributed by atoms with Gasteiger partial charge in [0.15, 0.2) is 0 Å². The van der Waals surface area contributed by atoms with E-state index in [9.17, 15) is 9.59 Å². The van der Waals surface area contributed by atoms with E-state index in [2.05, 4.69) is 5.32 Å². The first-order chi connectivity index (χ1) is 10.2. The first-order valence-corrected chi connectivity index (χ1v) is 6.63. The summed E-state index contributed by atoms with van der Waals surface area (Å²) in [5.41, 5.74) is 0.148. The molecule has 7 nitrogen and oxygen atoms in total. The molecule has 22 heavy (non-hydrogen) atoms. The molecule has 0 atom stereocenters. The van der Waals surface area contributed by atoms with Crippen LogP contribution in [0.15, 0.2) is 12.1 Å². The van der Waals surface area contributed by atoms with Crippen molar-refractivity contribution >= 4 is 17.7 Å². The van der Waals surface area contributed by atoms with Crippen molar-refractivity contribution in [1.82, 2.24) is 0 Å². The maximum Gasteiger partial charge on any atom is 0.412 e. The maximum absolute atomic E-state index is 11.8. The van der Waals surface area contributed by atoms with Gasteiger partial charge in [-0.05, 0) is 26.8 Å². The Kier molecular flexibility index (Phi) is 5.62. The van der Waals surface area contributed by atoms with Crippen LogP contribution in [0, 0.1) is 0 Å². The molecule has 0 aromatic heterocycles. The summed E-state index contributed by atoms with van der Waals surface area (Å²) in [6, 6.07) is 3.01. The van der Waals surface area contributed by atoms with Crippen molar-refractivity contribution < 1.29 is 28.9 Å². The predicted molar refractivity (Wildman–Crippen MR) is 80.7 cm³/mol. The fourth-order valence-electron chi connectivity index (χ4n) is 1.77. The Morgan fingerprint density at radius 2 is 1.73 bits per heavy atom. The highest BCUT2D eigenvalue weighted by Crippen LogP contribution is 2.33. The summed E-state index contributed by atoms with van der Waals surface area (Å²) >= 11 is 0. The molecule has 1 aromatic carbocycles. The van der Waals surface area contributed by atoms with Crippen molar-refractivity contribution in [3.8, 4) is 11.5 Å². The van der Waals surface area contributed by atoms with Crippen molar-refractivity contribution in [3.63, 3.8) is 0 Å². The molecule has 0 saturated carbocycles. The lowest BCUT2D eigenvalue weighted by Crippen LogP contribution is -2.27. The first-order valence-electron chi connectivity index (χ1n) is 6.63. The van der Waals surface area contributed by atoms with Crippen LogP contribution in [-0.2, 0) is 16.0 Å². The lowest BCUT2D eigenvalue weighted by Gasteiger charge is -2.21. The second-order valence-corrected chi connectivity index (χ2v) is 5.56. The molecule has 0 fully saturated rings. The van der Waals surface area contributed by atoms with Gasteiger partial charge in [-0.25, -0.2) is 4.79 Å². The minimum atomic E-state index is -0.992. The molecule has 2 N–H and O–H groups in total. The molecule has 0 aliphatic carbocycles. The van der Waals surface area contributed by atoms with Gasteiger partial charge in [-0.15, -0.1) is 0 Å². The highest BCUT2D eigenvalue weighted by atomic mass is 16.6. The van der Waals surface area contributed by atoms with Crippen LogP contribution in [0.25, 0.3) is 0 Å². The van der Waals surface area contributed by atoms with E-state index in [1.54, 1.807) is 20.8 Å². The molecule has 1 aromatic rings. The van der Waals surface area contributed by atoms with Crippen LogP contribution in [0.3, 0.4) is 0 Å². The quantitative estimate of drug-likeness (QED) is 0.868. The van der Waals surface area contributed by atoms with Gasteiger partial charge in [0.1, 0.15) is 17.1 Å². The topological polar surface area (TPSA) is 94.1 Å². The molecule has 0 saturated heterocycles. The molecule has 122 valence electrons. The molecule has 0 aliphatic rings. The predicted octanol–water partition coefficient (Wildman–Crippen LogP) is 2.68. The van der Waals surface area contributed by atoms with Crippen molar-refractivity contribution in [3.05, 3.63) is 17.7 Å². The number of ether oxygens (including phenoxy) is 3. The Morgan fingerprint density at radius 3 is 2.18 bits per heavy atom. The van der Waals surface area contributed by atoms with E-state index < -0.39 is 17.7 Å². The van der Waals surface area contributed by atoms with Crippen LogP contribution in [0.2, 0.25) is 0 Å². The van der Waals surface area contributed by atoms with E-state index in [0.717, 1.165) is 0 Å². The van der Waals surface area contributed by atoms with E-state index >= 15 is 0 Å². The van der Waals surface area contributed by atoms with E-state index in [0.29, 0.717) is 22.7 Å². The highest BCUT2D eigenvalue weighted by Gasteiger charge is 2.19. The zero-order valence-electron chi connectivity index (χ0n) is 13.4. The third kappa shape index (κ3) is 5.16. The van der Waals surface area contributed by atoms with Crippen LogP contribution < -0.4 is 14.8 Å². The van der Waals surface area contributed by atoms with E-state index in [1.165, 1.54) is 26.4 Å². The molecule has 1 rings (SSSR count). The van der Waals surface area contributed by atoms with Gasteiger partial charge in [0.2, 0.25) is 0 Å². The number of benzene rings is 1. The van der Waals surface area contributed by atoms with Crippen molar-refractivity contribution in [2.45, 2.75) is 32.8 Å². The fourth-order valence-corrected chi connectivity index (χ4v) is 1.77. The van der Waals surface area contributed by atoms with E-state index in [-0.39, 0.29) is 6.42 Å². The molecular formula is C15H21NO6. The van der Waals surface area contributed by atoms with Crippen molar-refractivity contribution in [2.75, 3.05) is 19.5 Å². The highest BCUT2D eigenvalue weighted by molar-refractivity contribution is 5.88. The number of hydrogen-bond donors (Lipinski definition) is 2. The number of carboxylic acids is 1. The van der Waals surface area contributed by atoms with Crippen LogP contribution in [0.4, 0.5) is 10.5 Å². The lowest BCUT2D eigenvalue weighted by molar-refractivity contribution is -0.136. The monoisotopic (exact) mass is 311 g/mol. The van der Waals surface area contributed by atoms with Gasteiger partial charge in [-0.1, -0.05) is 0 Å². The normalized spacial score (nSPS) is 10.8. The number of anilines is 1. The summed E-state index contributed by atoms with van der Waals surface area (Å²) in [4.78, 5) is 22.7. The third-order valence-corrected chi connectivity index (χ3v) is 2.58. The number of carbonyl (C=O) groups is 2. The zero-order valence-corrected chi connectivity index (χ0v) is 13.4. The number of nitrogens with one attached hydrogen (secondary N) is 1. The number of carboxylic acid groups (broad SMARTS) is 1. The molecule has 7 heteroatoms. The smallest absolute Gasteiger partial charge is 0.412 e. The van der Waals surface area contributed by atoms with Crippen LogP contribution in [0.5, 0.6) is 11.5 Å². The number of rotatable bonds is 5. The second-order valence-electron chi connectivity index (χ2n) is 5.56. The van der Waals surface area contributed by atoms with Crippen LogP contribution in [-0.4, -0.2) is 37.0 Å². The van der Waals surface area contributed by atoms with Crippen molar-refractivity contribution in [1.29, 1.82) is 0 Å². The molecule has 0 bridgehead atoms. The molecule has 0 spiro atoms. The molecule has 0 unspecified atom stereocenters. The van der Waals surface area contributed by atoms with Crippen molar-refractivity contribution in [2.24, 2.45) is 0 Å². The van der Waals surface area contributed by atoms with Crippen LogP contribution in [0.1, 0.15) is 26.3 Å². The molecule has 1 amide bonds. The molecule has 0 radical (unpaired) electrons. The Labute approximate surface area is 129 Å². The summed E-state index contributed by atoms with van der Waals surface area (Å²) in [7, 11) is 2.84. The second kappa shape index (κ2) is 7.02. The van der Waals surface area contributed by atoms with Gasteiger partial charge in [-0.2, -0.15) is 0 Å².